The number of aromatic nitrogens is 2. The van der Waals surface area contributed by atoms with Gasteiger partial charge in [0.15, 0.2) is 0 Å². The first kappa shape index (κ1) is 10.4. The van der Waals surface area contributed by atoms with Gasteiger partial charge in [0.1, 0.15) is 11.8 Å². The lowest BCUT2D eigenvalue weighted by atomic mass is 10.4. The number of nitrogens with zero attached hydrogens (tertiary/aromatic N) is 3. The van der Waals surface area contributed by atoms with Gasteiger partial charge in [0.05, 0.1) is 6.61 Å². The Bertz CT molecular complexity index is 322. The summed E-state index contributed by atoms with van der Waals surface area (Å²) in [6.45, 7) is 1.13. The summed E-state index contributed by atoms with van der Waals surface area (Å²) >= 11 is 0. The minimum absolute atomic E-state index is 0.236. The standard InChI is InChI=1S/C9H11N3O2/c1-13-5-2-6-14-9-11-4-3-8(7-10)12-9/h3-4H,2,5-6H2,1H3. The van der Waals surface area contributed by atoms with Gasteiger partial charge in [-0.2, -0.15) is 10.2 Å². The van der Waals surface area contributed by atoms with E-state index in [-0.39, 0.29) is 6.01 Å². The van der Waals surface area contributed by atoms with Gasteiger partial charge in [-0.15, -0.1) is 0 Å². The van der Waals surface area contributed by atoms with Crippen molar-refractivity contribution in [3.8, 4) is 12.1 Å². The Morgan fingerprint density at radius 2 is 2.36 bits per heavy atom. The van der Waals surface area contributed by atoms with Gasteiger partial charge in [0.25, 0.3) is 0 Å². The molecule has 0 radical (unpaired) electrons. The fourth-order valence-corrected chi connectivity index (χ4v) is 0.839. The van der Waals surface area contributed by atoms with Gasteiger partial charge in [0.2, 0.25) is 0 Å². The molecule has 0 unspecified atom stereocenters. The van der Waals surface area contributed by atoms with Gasteiger partial charge in [0, 0.05) is 26.3 Å². The number of ether oxygens (including phenoxy) is 2. The summed E-state index contributed by atoms with van der Waals surface area (Å²) in [6, 6.07) is 3.68. The van der Waals surface area contributed by atoms with Gasteiger partial charge in [-0.25, -0.2) is 4.98 Å². The topological polar surface area (TPSA) is 68.0 Å². The molecule has 0 amide bonds. The molecule has 14 heavy (non-hydrogen) atoms. The van der Waals surface area contributed by atoms with Crippen LogP contribution in [-0.2, 0) is 4.74 Å². The Kier molecular flexibility index (Phi) is 4.38. The van der Waals surface area contributed by atoms with Crippen molar-refractivity contribution in [2.45, 2.75) is 6.42 Å². The zero-order chi connectivity index (χ0) is 10.2. The summed E-state index contributed by atoms with van der Waals surface area (Å²) in [6.07, 6.45) is 2.27. The highest BCUT2D eigenvalue weighted by atomic mass is 16.5. The molecule has 74 valence electrons. The lowest BCUT2D eigenvalue weighted by Crippen LogP contribution is -2.04. The maximum atomic E-state index is 8.56. The van der Waals surface area contributed by atoms with Gasteiger partial charge in [-0.1, -0.05) is 0 Å². The fraction of sp³-hybridized carbons (Fsp3) is 0.444. The molecule has 0 aromatic carbocycles. The van der Waals surface area contributed by atoms with Gasteiger partial charge in [-0.05, 0) is 6.07 Å². The van der Waals surface area contributed by atoms with Crippen LogP contribution in [0.5, 0.6) is 6.01 Å². The minimum Gasteiger partial charge on any atom is -0.463 e. The smallest absolute Gasteiger partial charge is 0.317 e. The van der Waals surface area contributed by atoms with Gasteiger partial charge < -0.3 is 9.47 Å². The van der Waals surface area contributed by atoms with Crippen LogP contribution in [-0.4, -0.2) is 30.3 Å². The van der Waals surface area contributed by atoms with Crippen molar-refractivity contribution in [3.63, 3.8) is 0 Å². The molecule has 0 bridgehead atoms. The van der Waals surface area contributed by atoms with Crippen molar-refractivity contribution < 1.29 is 9.47 Å². The second-order valence-corrected chi connectivity index (χ2v) is 2.53. The molecule has 1 rings (SSSR count). The van der Waals surface area contributed by atoms with Gasteiger partial charge >= 0.3 is 6.01 Å². The molecular weight excluding hydrogens is 182 g/mol. The van der Waals surface area contributed by atoms with Crippen LogP contribution in [0.2, 0.25) is 0 Å². The molecule has 0 spiro atoms. The van der Waals surface area contributed by atoms with Crippen LogP contribution in [0, 0.1) is 11.3 Å². The molecule has 0 aliphatic carbocycles. The molecule has 0 fully saturated rings. The summed E-state index contributed by atoms with van der Waals surface area (Å²) in [5.74, 6) is 0. The molecule has 0 aliphatic rings. The summed E-state index contributed by atoms with van der Waals surface area (Å²) in [7, 11) is 1.63. The normalized spacial score (nSPS) is 9.43. The predicted molar refractivity (Wildman–Crippen MR) is 48.7 cm³/mol. The van der Waals surface area contributed by atoms with Crippen LogP contribution in [0.3, 0.4) is 0 Å². The lowest BCUT2D eigenvalue weighted by molar-refractivity contribution is 0.168. The van der Waals surface area contributed by atoms with E-state index < -0.39 is 0 Å². The summed E-state index contributed by atoms with van der Waals surface area (Å²) in [5, 5.41) is 8.56. The number of nitriles is 1. The molecule has 0 saturated carbocycles. The van der Waals surface area contributed by atoms with Crippen molar-refractivity contribution >= 4 is 0 Å². The monoisotopic (exact) mass is 193 g/mol. The highest BCUT2D eigenvalue weighted by Gasteiger charge is 1.98. The lowest BCUT2D eigenvalue weighted by Gasteiger charge is -2.02. The number of methoxy groups -OCH3 is 1. The van der Waals surface area contributed by atoms with Crippen LogP contribution in [0.25, 0.3) is 0 Å². The van der Waals surface area contributed by atoms with E-state index in [0.717, 1.165) is 6.42 Å². The zero-order valence-corrected chi connectivity index (χ0v) is 7.93. The molecule has 5 nitrogen and oxygen atoms in total. The Labute approximate surface area is 82.3 Å². The molecule has 0 atom stereocenters. The van der Waals surface area contributed by atoms with Crippen LogP contribution >= 0.6 is 0 Å². The second kappa shape index (κ2) is 5.89. The Morgan fingerprint density at radius 3 is 3.07 bits per heavy atom. The largest absolute Gasteiger partial charge is 0.463 e. The highest BCUT2D eigenvalue weighted by Crippen LogP contribution is 2.02. The maximum Gasteiger partial charge on any atom is 0.317 e. The predicted octanol–water partition coefficient (Wildman–Crippen LogP) is 0.764. The number of rotatable bonds is 5. The Morgan fingerprint density at radius 1 is 1.50 bits per heavy atom. The molecule has 0 aliphatic heterocycles. The average molecular weight is 193 g/mol. The van der Waals surface area contributed by atoms with Crippen molar-refractivity contribution in [2.24, 2.45) is 0 Å². The van der Waals surface area contributed by atoms with Crippen molar-refractivity contribution in [3.05, 3.63) is 18.0 Å². The van der Waals surface area contributed by atoms with E-state index in [1.54, 1.807) is 7.11 Å². The molecule has 0 saturated heterocycles. The van der Waals surface area contributed by atoms with E-state index in [4.69, 9.17) is 14.7 Å². The molecule has 1 aromatic rings. The third-order valence-corrected chi connectivity index (χ3v) is 1.47. The molecule has 1 heterocycles. The van der Waals surface area contributed by atoms with Crippen molar-refractivity contribution in [1.29, 1.82) is 5.26 Å². The minimum atomic E-state index is 0.236. The SMILES string of the molecule is COCCCOc1nccc(C#N)n1. The van der Waals surface area contributed by atoms with E-state index in [0.29, 0.717) is 18.9 Å². The van der Waals surface area contributed by atoms with Crippen LogP contribution in [0.1, 0.15) is 12.1 Å². The summed E-state index contributed by atoms with van der Waals surface area (Å²) in [4.78, 5) is 7.71. The first-order chi connectivity index (χ1) is 6.86. The van der Waals surface area contributed by atoms with E-state index in [2.05, 4.69) is 9.97 Å². The van der Waals surface area contributed by atoms with E-state index in [1.807, 2.05) is 6.07 Å². The third-order valence-electron chi connectivity index (χ3n) is 1.47. The highest BCUT2D eigenvalue weighted by molar-refractivity contribution is 5.19. The van der Waals surface area contributed by atoms with Gasteiger partial charge in [-0.3, -0.25) is 0 Å². The third kappa shape index (κ3) is 3.37. The van der Waals surface area contributed by atoms with E-state index in [9.17, 15) is 0 Å². The first-order valence-electron chi connectivity index (χ1n) is 4.21. The van der Waals surface area contributed by atoms with Crippen LogP contribution < -0.4 is 4.74 Å². The van der Waals surface area contributed by atoms with Crippen molar-refractivity contribution in [1.82, 2.24) is 9.97 Å². The second-order valence-electron chi connectivity index (χ2n) is 2.53. The average Bonchev–Trinajstić information content (AvgIpc) is 2.25. The van der Waals surface area contributed by atoms with Crippen LogP contribution in [0.4, 0.5) is 0 Å². The summed E-state index contributed by atoms with van der Waals surface area (Å²) in [5.41, 5.74) is 0.307. The molecule has 1 aromatic heterocycles. The quantitative estimate of drug-likeness (QED) is 0.646. The zero-order valence-electron chi connectivity index (χ0n) is 7.93. The fourth-order valence-electron chi connectivity index (χ4n) is 0.839. The molecule has 5 heteroatoms. The van der Waals surface area contributed by atoms with Crippen LogP contribution in [0.15, 0.2) is 12.3 Å². The van der Waals surface area contributed by atoms with Crippen molar-refractivity contribution in [2.75, 3.05) is 20.3 Å². The first-order valence-corrected chi connectivity index (χ1v) is 4.21. The molecule has 0 N–H and O–H groups in total. The summed E-state index contributed by atoms with van der Waals surface area (Å²) < 4.78 is 10.0. The number of hydrogen-bond acceptors (Lipinski definition) is 5. The van der Waals surface area contributed by atoms with E-state index >= 15 is 0 Å². The molecular formula is C9H11N3O2. The maximum absolute atomic E-state index is 8.56. The Balaban J connectivity index is 2.39. The van der Waals surface area contributed by atoms with E-state index in [1.165, 1.54) is 12.3 Å². The number of hydrogen-bond donors (Lipinski definition) is 0. The Hall–Kier alpha value is -1.67.